The highest BCUT2D eigenvalue weighted by atomic mass is 16.2. The number of aromatic amines is 1. The summed E-state index contributed by atoms with van der Waals surface area (Å²) in [6.45, 7) is 1.83. The molecular formula is C17H19N5O4. The van der Waals surface area contributed by atoms with Gasteiger partial charge >= 0.3 is 6.03 Å². The summed E-state index contributed by atoms with van der Waals surface area (Å²) in [5.74, 6) is -1.07. The minimum Gasteiger partial charge on any atom is -0.370 e. The van der Waals surface area contributed by atoms with Gasteiger partial charge in [-0.05, 0) is 25.1 Å². The Balaban J connectivity index is 2.00. The Bertz CT molecular complexity index is 891. The van der Waals surface area contributed by atoms with E-state index in [-0.39, 0.29) is 24.0 Å². The number of hydrogen-bond acceptors (Lipinski definition) is 4. The Morgan fingerprint density at radius 1 is 1.12 bits per heavy atom. The zero-order valence-corrected chi connectivity index (χ0v) is 14.1. The highest BCUT2D eigenvalue weighted by Gasteiger charge is 2.11. The van der Waals surface area contributed by atoms with Crippen molar-refractivity contribution in [3.8, 4) is 0 Å². The van der Waals surface area contributed by atoms with E-state index in [4.69, 9.17) is 5.73 Å². The second kappa shape index (κ2) is 8.47. The third-order valence-corrected chi connectivity index (χ3v) is 3.34. The summed E-state index contributed by atoms with van der Waals surface area (Å²) in [6, 6.07) is 7.24. The molecule has 1 aromatic heterocycles. The Labute approximate surface area is 149 Å². The van der Waals surface area contributed by atoms with Gasteiger partial charge in [-0.15, -0.1) is 0 Å². The maximum atomic E-state index is 12.2. The number of rotatable bonds is 6. The smallest absolute Gasteiger partial charge is 0.319 e. The fraction of sp³-hybridized carbons (Fsp3) is 0.176. The molecule has 136 valence electrons. The van der Waals surface area contributed by atoms with Crippen LogP contribution in [0.5, 0.6) is 0 Å². The molecule has 2 rings (SSSR count). The molecule has 9 heteroatoms. The number of nitrogens with one attached hydrogen (secondary N) is 4. The predicted octanol–water partition coefficient (Wildman–Crippen LogP) is 0.933. The number of benzene rings is 1. The summed E-state index contributed by atoms with van der Waals surface area (Å²) in [5, 5.41) is 7.64. The normalized spacial score (nSPS) is 10.0. The number of pyridine rings is 1. The van der Waals surface area contributed by atoms with Crippen molar-refractivity contribution in [2.45, 2.75) is 13.3 Å². The molecule has 9 nitrogen and oxygen atoms in total. The highest BCUT2D eigenvalue weighted by Crippen LogP contribution is 2.15. The van der Waals surface area contributed by atoms with Crippen LogP contribution in [0.2, 0.25) is 0 Å². The van der Waals surface area contributed by atoms with Crippen molar-refractivity contribution in [2.24, 2.45) is 5.73 Å². The zero-order valence-electron chi connectivity index (χ0n) is 14.1. The second-order valence-electron chi connectivity index (χ2n) is 5.53. The van der Waals surface area contributed by atoms with Crippen LogP contribution in [0.1, 0.15) is 22.5 Å². The van der Waals surface area contributed by atoms with Crippen molar-refractivity contribution in [2.75, 3.05) is 17.2 Å². The van der Waals surface area contributed by atoms with E-state index in [1.54, 1.807) is 25.1 Å². The van der Waals surface area contributed by atoms with E-state index in [1.807, 2.05) is 0 Å². The third kappa shape index (κ3) is 5.48. The molecule has 0 aliphatic carbocycles. The lowest BCUT2D eigenvalue weighted by Gasteiger charge is -2.09. The topological polar surface area (TPSA) is 146 Å². The number of urea groups is 1. The van der Waals surface area contributed by atoms with Gasteiger partial charge in [-0.3, -0.25) is 14.4 Å². The fourth-order valence-corrected chi connectivity index (χ4v) is 2.10. The van der Waals surface area contributed by atoms with E-state index in [2.05, 4.69) is 20.9 Å². The van der Waals surface area contributed by atoms with Crippen molar-refractivity contribution in [1.29, 1.82) is 0 Å². The molecule has 2 aromatic rings. The molecule has 0 saturated heterocycles. The van der Waals surface area contributed by atoms with Gasteiger partial charge in [0.2, 0.25) is 5.91 Å². The van der Waals surface area contributed by atoms with Gasteiger partial charge in [0, 0.05) is 42.3 Å². The molecule has 0 spiro atoms. The number of carbonyl (C=O) groups is 3. The lowest BCUT2D eigenvalue weighted by atomic mass is 10.2. The SMILES string of the molecule is Cc1cc(=O)c(C(=O)Nc2cccc(NC(=O)NCCC(N)=O)c2)c[nH]1. The molecule has 0 atom stereocenters. The summed E-state index contributed by atoms with van der Waals surface area (Å²) >= 11 is 0. The lowest BCUT2D eigenvalue weighted by Crippen LogP contribution is -2.31. The molecule has 1 aromatic carbocycles. The maximum absolute atomic E-state index is 12.2. The van der Waals surface area contributed by atoms with Gasteiger partial charge in [-0.1, -0.05) is 6.07 Å². The number of primary amides is 1. The monoisotopic (exact) mass is 357 g/mol. The molecule has 0 unspecified atom stereocenters. The number of H-pyrrole nitrogens is 1. The molecule has 6 N–H and O–H groups in total. The summed E-state index contributed by atoms with van der Waals surface area (Å²) in [5.41, 5.74) is 6.07. The van der Waals surface area contributed by atoms with Crippen LogP contribution in [0.4, 0.5) is 16.2 Å². The minimum absolute atomic E-state index is 0.0156. The Morgan fingerprint density at radius 3 is 2.46 bits per heavy atom. The first-order chi connectivity index (χ1) is 12.3. The minimum atomic E-state index is -0.561. The number of amides is 4. The van der Waals surface area contributed by atoms with Crippen LogP contribution >= 0.6 is 0 Å². The van der Waals surface area contributed by atoms with Crippen molar-refractivity contribution in [3.63, 3.8) is 0 Å². The number of carbonyl (C=O) groups excluding carboxylic acids is 3. The van der Waals surface area contributed by atoms with E-state index in [1.165, 1.54) is 18.3 Å². The van der Waals surface area contributed by atoms with Crippen LogP contribution in [0.25, 0.3) is 0 Å². The van der Waals surface area contributed by atoms with Gasteiger partial charge < -0.3 is 26.7 Å². The average molecular weight is 357 g/mol. The maximum Gasteiger partial charge on any atom is 0.319 e. The first kappa shape index (κ1) is 18.7. The van der Waals surface area contributed by atoms with Crippen LogP contribution in [0.15, 0.2) is 41.3 Å². The van der Waals surface area contributed by atoms with Gasteiger partial charge in [0.05, 0.1) is 0 Å². The summed E-state index contributed by atoms with van der Waals surface area (Å²) in [4.78, 5) is 49.2. The largest absolute Gasteiger partial charge is 0.370 e. The lowest BCUT2D eigenvalue weighted by molar-refractivity contribution is -0.117. The molecule has 0 bridgehead atoms. The molecule has 4 amide bonds. The fourth-order valence-electron chi connectivity index (χ4n) is 2.10. The van der Waals surface area contributed by atoms with E-state index >= 15 is 0 Å². The van der Waals surface area contributed by atoms with Gasteiger partial charge in [-0.2, -0.15) is 0 Å². The number of anilines is 2. The predicted molar refractivity (Wildman–Crippen MR) is 97.0 cm³/mol. The van der Waals surface area contributed by atoms with Crippen molar-refractivity contribution in [3.05, 3.63) is 58.0 Å². The summed E-state index contributed by atoms with van der Waals surface area (Å²) < 4.78 is 0. The molecule has 0 saturated carbocycles. The molecule has 0 radical (unpaired) electrons. The first-order valence-electron chi connectivity index (χ1n) is 7.79. The van der Waals surface area contributed by atoms with Crippen LogP contribution < -0.4 is 27.1 Å². The Hall–Kier alpha value is -3.62. The Morgan fingerprint density at radius 2 is 1.81 bits per heavy atom. The van der Waals surface area contributed by atoms with Crippen LogP contribution in [-0.2, 0) is 4.79 Å². The van der Waals surface area contributed by atoms with E-state index in [0.29, 0.717) is 17.1 Å². The number of aromatic nitrogens is 1. The van der Waals surface area contributed by atoms with Crippen LogP contribution in [0, 0.1) is 6.92 Å². The van der Waals surface area contributed by atoms with E-state index in [0.717, 1.165) is 0 Å². The standard InChI is InChI=1S/C17H19N5O4/c1-10-7-14(23)13(9-20-10)16(25)21-11-3-2-4-12(8-11)22-17(26)19-6-5-15(18)24/h2-4,7-9H,5-6H2,1H3,(H2,18,24)(H,20,23)(H,21,25)(H2,19,22,26). The van der Waals surface area contributed by atoms with Gasteiger partial charge in [0.1, 0.15) is 5.56 Å². The highest BCUT2D eigenvalue weighted by molar-refractivity contribution is 6.04. The van der Waals surface area contributed by atoms with Gasteiger partial charge in [-0.25, -0.2) is 4.79 Å². The summed E-state index contributed by atoms with van der Waals surface area (Å²) in [7, 11) is 0. The van der Waals surface area contributed by atoms with Crippen LogP contribution in [-0.4, -0.2) is 29.4 Å². The number of aryl methyl sites for hydroxylation is 1. The summed E-state index contributed by atoms with van der Waals surface area (Å²) in [6.07, 6.45) is 1.38. The van der Waals surface area contributed by atoms with Gasteiger partial charge in [0.25, 0.3) is 5.91 Å². The molecule has 26 heavy (non-hydrogen) atoms. The number of nitrogens with two attached hydrogens (primary N) is 1. The third-order valence-electron chi connectivity index (χ3n) is 3.34. The van der Waals surface area contributed by atoms with Crippen molar-refractivity contribution in [1.82, 2.24) is 10.3 Å². The van der Waals surface area contributed by atoms with E-state index in [9.17, 15) is 19.2 Å². The molecule has 0 aliphatic rings. The van der Waals surface area contributed by atoms with Gasteiger partial charge in [0.15, 0.2) is 5.43 Å². The molecular weight excluding hydrogens is 338 g/mol. The zero-order chi connectivity index (χ0) is 19.1. The quantitative estimate of drug-likeness (QED) is 0.523. The second-order valence-corrected chi connectivity index (χ2v) is 5.53. The number of hydrogen-bond donors (Lipinski definition) is 5. The average Bonchev–Trinajstić information content (AvgIpc) is 2.54. The van der Waals surface area contributed by atoms with E-state index < -0.39 is 17.8 Å². The van der Waals surface area contributed by atoms with Crippen molar-refractivity contribution >= 4 is 29.2 Å². The molecule has 0 aliphatic heterocycles. The Kier molecular flexibility index (Phi) is 6.10. The molecule has 0 fully saturated rings. The van der Waals surface area contributed by atoms with Crippen molar-refractivity contribution < 1.29 is 14.4 Å². The first-order valence-corrected chi connectivity index (χ1v) is 7.79. The van der Waals surface area contributed by atoms with Crippen LogP contribution in [0.3, 0.4) is 0 Å². The molecule has 1 heterocycles.